The quantitative estimate of drug-likeness (QED) is 0.101. The van der Waals surface area contributed by atoms with Gasteiger partial charge in [0.15, 0.2) is 0 Å². The minimum Gasteiger partial charge on any atom is -0.490 e. The van der Waals surface area contributed by atoms with Crippen molar-refractivity contribution < 1.29 is 19.7 Å². The lowest BCUT2D eigenvalue weighted by Crippen LogP contribution is -2.20. The molecular formula is C83H64O4. The lowest BCUT2D eigenvalue weighted by Gasteiger charge is -2.31. The zero-order valence-electron chi connectivity index (χ0n) is 48.8. The molecule has 0 saturated carbocycles. The van der Waals surface area contributed by atoms with Gasteiger partial charge in [0.05, 0.1) is 13.2 Å². The molecule has 0 heterocycles. The van der Waals surface area contributed by atoms with Gasteiger partial charge in [-0.25, -0.2) is 0 Å². The third kappa shape index (κ3) is 10.9. The molecule has 14 aromatic carbocycles. The molecule has 0 aliphatic carbocycles. The highest BCUT2D eigenvalue weighted by molar-refractivity contribution is 5.95. The third-order valence-corrected chi connectivity index (χ3v) is 17.3. The second-order valence-electron chi connectivity index (χ2n) is 23.1. The topological polar surface area (TPSA) is 58.9 Å². The van der Waals surface area contributed by atoms with E-state index in [-0.39, 0.29) is 26.4 Å². The number of aliphatic hydroxyl groups excluding tert-OH is 2. The van der Waals surface area contributed by atoms with E-state index in [1.807, 2.05) is 0 Å². The molecule has 0 unspecified atom stereocenters. The molecule has 0 aliphatic heterocycles. The Hall–Kier alpha value is -10.4. The number of aliphatic hydroxyl groups is 2. The standard InChI is InChI=1S/C83H64O4/c1-83(2,75-51-77(71-27-11-23-63(47-71)67-35-31-55-15-3-7-19-59(55)43-67)81(86-41-39-84)78(52-75)72-28-12-24-64(48-72)68-36-32-56-16-4-8-20-60(56)44-68)76-53-79(73-29-13-25-65(49-73)69-37-33-57-17-5-9-21-61(57)45-69)82(87-42-40-85)80(54-76)74-30-14-26-66(50-74)70-38-34-58-18-6-10-22-62(58)46-70/h3-38,43-54,84-85H,39-42H2,1-2H3. The lowest BCUT2D eigenvalue weighted by molar-refractivity contribution is 0.202. The van der Waals surface area contributed by atoms with E-state index in [0.29, 0.717) is 11.5 Å². The monoisotopic (exact) mass is 1120 g/mol. The Balaban J connectivity index is 0.994. The maximum Gasteiger partial charge on any atom is 0.135 e. The summed E-state index contributed by atoms with van der Waals surface area (Å²) in [6.07, 6.45) is 0. The van der Waals surface area contributed by atoms with E-state index in [9.17, 15) is 10.2 Å². The molecular weight excluding hydrogens is 1060 g/mol. The van der Waals surface area contributed by atoms with E-state index in [2.05, 4.69) is 305 Å². The van der Waals surface area contributed by atoms with Crippen molar-refractivity contribution in [2.45, 2.75) is 19.3 Å². The Kier molecular flexibility index (Phi) is 14.8. The summed E-state index contributed by atoms with van der Waals surface area (Å²) in [6.45, 7) is 4.54. The number of hydrogen-bond donors (Lipinski definition) is 2. The highest BCUT2D eigenvalue weighted by atomic mass is 16.5. The molecule has 4 heteroatoms. The summed E-state index contributed by atoms with van der Waals surface area (Å²) < 4.78 is 13.7. The predicted molar refractivity (Wildman–Crippen MR) is 364 cm³/mol. The Morgan fingerprint density at radius 1 is 0.241 bits per heavy atom. The van der Waals surface area contributed by atoms with Crippen molar-refractivity contribution >= 4 is 43.1 Å². The first-order chi connectivity index (χ1) is 42.7. The Labute approximate surface area is 508 Å². The van der Waals surface area contributed by atoms with Gasteiger partial charge in [-0.2, -0.15) is 0 Å². The molecule has 87 heavy (non-hydrogen) atoms. The molecule has 0 amide bonds. The lowest BCUT2D eigenvalue weighted by atomic mass is 9.74. The molecule has 0 aromatic heterocycles. The first kappa shape index (κ1) is 54.6. The summed E-state index contributed by atoms with van der Waals surface area (Å²) >= 11 is 0. The van der Waals surface area contributed by atoms with E-state index >= 15 is 0 Å². The van der Waals surface area contributed by atoms with Crippen LogP contribution in [0, 0.1) is 0 Å². The van der Waals surface area contributed by atoms with Crippen molar-refractivity contribution in [2.24, 2.45) is 0 Å². The predicted octanol–water partition coefficient (Wildman–Crippen LogP) is 20.7. The van der Waals surface area contributed by atoms with E-state index < -0.39 is 5.41 Å². The van der Waals surface area contributed by atoms with Gasteiger partial charge in [0.1, 0.15) is 24.7 Å². The van der Waals surface area contributed by atoms with Gasteiger partial charge < -0.3 is 19.7 Å². The average Bonchev–Trinajstić information content (AvgIpc) is 1.23. The minimum atomic E-state index is -0.685. The SMILES string of the molecule is CC(C)(c1cc(-c2cccc(-c3ccc4ccccc4c3)c2)c(OCCO)c(-c2cccc(-c3ccc4ccccc4c3)c2)c1)c1cc(-c2cccc(-c3ccc4ccccc4c3)c2)c(OCCO)c(-c2cccc(-c3ccc4ccccc4c3)c2)c1. The maximum atomic E-state index is 10.6. The normalized spacial score (nSPS) is 11.6. The van der Waals surface area contributed by atoms with E-state index in [0.717, 1.165) is 100 Å². The second-order valence-corrected chi connectivity index (χ2v) is 23.1. The summed E-state index contributed by atoms with van der Waals surface area (Å²) in [5.74, 6) is 1.39. The van der Waals surface area contributed by atoms with Crippen LogP contribution in [0.1, 0.15) is 25.0 Å². The molecule has 4 nitrogen and oxygen atoms in total. The van der Waals surface area contributed by atoms with Gasteiger partial charge in [0.25, 0.3) is 0 Å². The number of benzene rings is 14. The highest BCUT2D eigenvalue weighted by Crippen LogP contribution is 2.50. The fraction of sp³-hybridized carbons (Fsp3) is 0.0843. The van der Waals surface area contributed by atoms with Crippen molar-refractivity contribution in [2.75, 3.05) is 26.4 Å². The van der Waals surface area contributed by atoms with Gasteiger partial charge in [-0.1, -0.05) is 232 Å². The van der Waals surface area contributed by atoms with Crippen LogP contribution in [0.2, 0.25) is 0 Å². The average molecular weight is 1130 g/mol. The summed E-state index contributed by atoms with van der Waals surface area (Å²) in [5, 5.41) is 30.6. The third-order valence-electron chi connectivity index (χ3n) is 17.3. The summed E-state index contributed by atoms with van der Waals surface area (Å²) in [5.41, 5.74) is 17.9. The molecule has 0 aliphatic rings. The highest BCUT2D eigenvalue weighted by Gasteiger charge is 2.31. The summed E-state index contributed by atoms with van der Waals surface area (Å²) in [4.78, 5) is 0. The minimum absolute atomic E-state index is 0.107. The molecule has 14 rings (SSSR count). The van der Waals surface area contributed by atoms with Gasteiger partial charge in [-0.15, -0.1) is 0 Å². The Morgan fingerprint density at radius 2 is 0.471 bits per heavy atom. The maximum absolute atomic E-state index is 10.6. The van der Waals surface area contributed by atoms with Gasteiger partial charge in [-0.3, -0.25) is 0 Å². The molecule has 0 radical (unpaired) electrons. The van der Waals surface area contributed by atoms with Crippen LogP contribution in [0.25, 0.3) is 132 Å². The van der Waals surface area contributed by atoms with E-state index in [1.54, 1.807) is 0 Å². The van der Waals surface area contributed by atoms with Gasteiger partial charge >= 0.3 is 0 Å². The van der Waals surface area contributed by atoms with Crippen LogP contribution in [0.15, 0.2) is 291 Å². The van der Waals surface area contributed by atoms with E-state index in [4.69, 9.17) is 9.47 Å². The largest absolute Gasteiger partial charge is 0.490 e. The van der Waals surface area contributed by atoms with Crippen LogP contribution in [0.4, 0.5) is 0 Å². The fourth-order valence-corrected chi connectivity index (χ4v) is 12.6. The summed E-state index contributed by atoms with van der Waals surface area (Å²) in [7, 11) is 0. The van der Waals surface area contributed by atoms with Gasteiger partial charge in [-0.05, 0) is 194 Å². The first-order valence-corrected chi connectivity index (χ1v) is 30.0. The van der Waals surface area contributed by atoms with Crippen LogP contribution < -0.4 is 9.47 Å². The van der Waals surface area contributed by atoms with Crippen molar-refractivity contribution in [3.8, 4) is 101 Å². The number of hydrogen-bond acceptors (Lipinski definition) is 4. The number of fused-ring (bicyclic) bond motifs is 4. The van der Waals surface area contributed by atoms with Crippen LogP contribution in [0.3, 0.4) is 0 Å². The molecule has 0 bridgehead atoms. The molecule has 0 fully saturated rings. The van der Waals surface area contributed by atoms with Crippen molar-refractivity contribution in [3.05, 3.63) is 302 Å². The number of rotatable bonds is 16. The zero-order valence-corrected chi connectivity index (χ0v) is 48.8. The zero-order chi connectivity index (χ0) is 58.8. The molecule has 2 N–H and O–H groups in total. The Bertz CT molecular complexity index is 4300. The Morgan fingerprint density at radius 3 is 0.724 bits per heavy atom. The van der Waals surface area contributed by atoms with Crippen LogP contribution in [-0.4, -0.2) is 36.6 Å². The second kappa shape index (κ2) is 23.6. The van der Waals surface area contributed by atoms with Crippen LogP contribution in [0.5, 0.6) is 11.5 Å². The van der Waals surface area contributed by atoms with E-state index in [1.165, 1.54) is 43.1 Å². The van der Waals surface area contributed by atoms with Gasteiger partial charge in [0, 0.05) is 27.7 Å². The molecule has 0 atom stereocenters. The van der Waals surface area contributed by atoms with Crippen LogP contribution in [-0.2, 0) is 5.41 Å². The molecule has 14 aromatic rings. The summed E-state index contributed by atoms with van der Waals surface area (Å²) in [6, 6.07) is 105. The first-order valence-electron chi connectivity index (χ1n) is 30.0. The van der Waals surface area contributed by atoms with Crippen LogP contribution >= 0.6 is 0 Å². The fourth-order valence-electron chi connectivity index (χ4n) is 12.6. The molecule has 420 valence electrons. The molecule has 0 saturated heterocycles. The number of ether oxygens (including phenoxy) is 2. The van der Waals surface area contributed by atoms with Gasteiger partial charge in [0.2, 0.25) is 0 Å². The smallest absolute Gasteiger partial charge is 0.135 e. The van der Waals surface area contributed by atoms with Crippen molar-refractivity contribution in [1.29, 1.82) is 0 Å². The van der Waals surface area contributed by atoms with Crippen molar-refractivity contribution in [3.63, 3.8) is 0 Å². The molecule has 0 spiro atoms. The van der Waals surface area contributed by atoms with Crippen molar-refractivity contribution in [1.82, 2.24) is 0 Å².